The Morgan fingerprint density at radius 3 is 2.42 bits per heavy atom. The fourth-order valence-electron chi connectivity index (χ4n) is 6.44. The molecule has 0 spiro atoms. The maximum Gasteiger partial charge on any atom is 0.255 e. The molecule has 6 heteroatoms. The minimum absolute atomic E-state index is 0.00390. The van der Waals surface area contributed by atoms with E-state index in [1.807, 2.05) is 42.8 Å². The molecular formula is C25H30N2O2S2. The van der Waals surface area contributed by atoms with Crippen molar-refractivity contribution in [2.24, 2.45) is 17.8 Å². The normalized spacial score (nSPS) is 28.5. The standard InChI is InChI=1S/C25H30N2O2S2/c1-27(14-17-6-7-30-15-17)24(29)21-4-2-3-5-22(21)31-16-23(28)26-25-11-18-8-19(12-25)10-20(9-18)13-25/h2-7,15,18-20H,8-14,16H2,1H3,(H,26,28). The minimum atomic E-state index is -0.00390. The van der Waals surface area contributed by atoms with E-state index in [1.54, 1.807) is 16.2 Å². The largest absolute Gasteiger partial charge is 0.350 e. The second-order valence-corrected chi connectivity index (χ2v) is 11.6. The molecule has 4 aliphatic carbocycles. The summed E-state index contributed by atoms with van der Waals surface area (Å²) in [5.41, 5.74) is 1.86. The molecule has 31 heavy (non-hydrogen) atoms. The second-order valence-electron chi connectivity index (χ2n) is 9.82. The monoisotopic (exact) mass is 454 g/mol. The van der Waals surface area contributed by atoms with E-state index in [-0.39, 0.29) is 17.4 Å². The van der Waals surface area contributed by atoms with Gasteiger partial charge in [-0.25, -0.2) is 0 Å². The molecule has 2 aromatic rings. The number of nitrogens with one attached hydrogen (secondary N) is 1. The van der Waals surface area contributed by atoms with Gasteiger partial charge in [-0.1, -0.05) is 12.1 Å². The molecule has 164 valence electrons. The Labute approximate surface area is 192 Å². The van der Waals surface area contributed by atoms with Crippen LogP contribution in [0.3, 0.4) is 0 Å². The van der Waals surface area contributed by atoms with Gasteiger partial charge in [0.15, 0.2) is 0 Å². The SMILES string of the molecule is CN(Cc1ccsc1)C(=O)c1ccccc1SCC(=O)NC12CC3CC(CC(C3)C1)C2. The number of amides is 2. The molecule has 4 aliphatic rings. The number of rotatable bonds is 7. The molecule has 4 fully saturated rings. The quantitative estimate of drug-likeness (QED) is 0.585. The fourth-order valence-corrected chi connectivity index (χ4v) is 7.95. The molecule has 4 bridgehead atoms. The topological polar surface area (TPSA) is 49.4 Å². The molecule has 4 saturated carbocycles. The molecule has 4 nitrogen and oxygen atoms in total. The van der Waals surface area contributed by atoms with Crippen LogP contribution in [0.25, 0.3) is 0 Å². The van der Waals surface area contributed by atoms with Gasteiger partial charge in [-0.05, 0) is 90.8 Å². The summed E-state index contributed by atoms with van der Waals surface area (Å²) in [6, 6.07) is 9.70. The van der Waals surface area contributed by atoms with Crippen LogP contribution in [0.1, 0.15) is 54.4 Å². The second kappa shape index (κ2) is 8.62. The molecule has 0 saturated heterocycles. The molecule has 0 unspecified atom stereocenters. The van der Waals surface area contributed by atoms with Crippen LogP contribution in [0.5, 0.6) is 0 Å². The maximum atomic E-state index is 13.1. The van der Waals surface area contributed by atoms with Crippen molar-refractivity contribution in [2.75, 3.05) is 12.8 Å². The number of hydrogen-bond acceptors (Lipinski definition) is 4. The number of carbonyl (C=O) groups excluding carboxylic acids is 2. The molecule has 0 aliphatic heterocycles. The molecule has 6 rings (SSSR count). The number of benzene rings is 1. The lowest BCUT2D eigenvalue weighted by molar-refractivity contribution is -0.124. The van der Waals surface area contributed by atoms with Gasteiger partial charge in [0.25, 0.3) is 5.91 Å². The average Bonchev–Trinajstić information content (AvgIpc) is 3.23. The van der Waals surface area contributed by atoms with Crippen LogP contribution in [0.4, 0.5) is 0 Å². The van der Waals surface area contributed by atoms with Crippen molar-refractivity contribution in [1.82, 2.24) is 10.2 Å². The summed E-state index contributed by atoms with van der Waals surface area (Å²) in [6.45, 7) is 0.591. The summed E-state index contributed by atoms with van der Waals surface area (Å²) in [6.07, 6.45) is 7.61. The lowest BCUT2D eigenvalue weighted by atomic mass is 9.53. The third-order valence-electron chi connectivity index (χ3n) is 7.27. The van der Waals surface area contributed by atoms with Crippen LogP contribution in [0.15, 0.2) is 46.0 Å². The van der Waals surface area contributed by atoms with Gasteiger partial charge in [0.05, 0.1) is 11.3 Å². The first-order valence-corrected chi connectivity index (χ1v) is 13.2. The summed E-state index contributed by atoms with van der Waals surface area (Å²) in [7, 11) is 1.83. The minimum Gasteiger partial charge on any atom is -0.350 e. The van der Waals surface area contributed by atoms with E-state index in [0.717, 1.165) is 28.2 Å². The average molecular weight is 455 g/mol. The fraction of sp³-hybridized carbons (Fsp3) is 0.520. The van der Waals surface area contributed by atoms with Crippen LogP contribution in [-0.4, -0.2) is 35.1 Å². The Bertz CT molecular complexity index is 921. The lowest BCUT2D eigenvalue weighted by Crippen LogP contribution is -2.60. The third kappa shape index (κ3) is 4.56. The molecule has 0 atom stereocenters. The molecule has 1 aromatic heterocycles. The van der Waals surface area contributed by atoms with Gasteiger partial charge >= 0.3 is 0 Å². The highest BCUT2D eigenvalue weighted by atomic mass is 32.2. The van der Waals surface area contributed by atoms with Gasteiger partial charge in [-0.15, -0.1) is 11.8 Å². The zero-order valence-electron chi connectivity index (χ0n) is 18.0. The van der Waals surface area contributed by atoms with Gasteiger partial charge in [0, 0.05) is 24.0 Å². The third-order valence-corrected chi connectivity index (χ3v) is 9.07. The van der Waals surface area contributed by atoms with Crippen LogP contribution >= 0.6 is 23.1 Å². The lowest BCUT2D eigenvalue weighted by Gasteiger charge is -2.56. The highest BCUT2D eigenvalue weighted by Crippen LogP contribution is 2.55. The molecule has 0 radical (unpaired) electrons. The van der Waals surface area contributed by atoms with E-state index in [1.165, 1.54) is 50.3 Å². The zero-order chi connectivity index (χ0) is 21.4. The summed E-state index contributed by atoms with van der Waals surface area (Å²) in [4.78, 5) is 28.6. The molecule has 2 amide bonds. The summed E-state index contributed by atoms with van der Waals surface area (Å²) in [5, 5.41) is 7.54. The Hall–Kier alpha value is -1.79. The van der Waals surface area contributed by atoms with Crippen molar-refractivity contribution in [3.63, 3.8) is 0 Å². The highest BCUT2D eigenvalue weighted by molar-refractivity contribution is 8.00. The summed E-state index contributed by atoms with van der Waals surface area (Å²) in [5.74, 6) is 2.92. The van der Waals surface area contributed by atoms with Crippen LogP contribution in [-0.2, 0) is 11.3 Å². The molecular weight excluding hydrogens is 424 g/mol. The Morgan fingerprint density at radius 1 is 1.10 bits per heavy atom. The molecule has 1 N–H and O–H groups in total. The number of carbonyl (C=O) groups is 2. The van der Waals surface area contributed by atoms with E-state index >= 15 is 0 Å². The summed E-state index contributed by atoms with van der Waals surface area (Å²) >= 11 is 3.12. The van der Waals surface area contributed by atoms with E-state index in [9.17, 15) is 9.59 Å². The molecule has 1 aromatic carbocycles. The number of thiophene rings is 1. The summed E-state index contributed by atoms with van der Waals surface area (Å²) < 4.78 is 0. The number of thioether (sulfide) groups is 1. The Balaban J connectivity index is 1.21. The van der Waals surface area contributed by atoms with Crippen molar-refractivity contribution >= 4 is 34.9 Å². The smallest absolute Gasteiger partial charge is 0.255 e. The van der Waals surface area contributed by atoms with Crippen molar-refractivity contribution in [2.45, 2.75) is 55.5 Å². The van der Waals surface area contributed by atoms with E-state index in [0.29, 0.717) is 17.9 Å². The predicted octanol–water partition coefficient (Wildman–Crippen LogP) is 5.20. The first kappa shape index (κ1) is 21.1. The first-order chi connectivity index (χ1) is 15.0. The van der Waals surface area contributed by atoms with Gasteiger partial charge in [0.2, 0.25) is 5.91 Å². The van der Waals surface area contributed by atoms with Crippen LogP contribution in [0, 0.1) is 17.8 Å². The van der Waals surface area contributed by atoms with Crippen molar-refractivity contribution in [1.29, 1.82) is 0 Å². The van der Waals surface area contributed by atoms with Gasteiger partial charge in [-0.3, -0.25) is 9.59 Å². The molecule has 1 heterocycles. The van der Waals surface area contributed by atoms with Crippen LogP contribution < -0.4 is 5.32 Å². The zero-order valence-corrected chi connectivity index (χ0v) is 19.6. The van der Waals surface area contributed by atoms with E-state index < -0.39 is 0 Å². The van der Waals surface area contributed by atoms with Crippen molar-refractivity contribution < 1.29 is 9.59 Å². The van der Waals surface area contributed by atoms with Crippen molar-refractivity contribution in [3.05, 3.63) is 52.2 Å². The highest BCUT2D eigenvalue weighted by Gasteiger charge is 2.51. The van der Waals surface area contributed by atoms with Gasteiger partial charge in [-0.2, -0.15) is 11.3 Å². The number of nitrogens with zero attached hydrogens (tertiary/aromatic N) is 1. The first-order valence-electron chi connectivity index (χ1n) is 11.3. The van der Waals surface area contributed by atoms with E-state index in [2.05, 4.69) is 10.7 Å². The van der Waals surface area contributed by atoms with Gasteiger partial charge < -0.3 is 10.2 Å². The maximum absolute atomic E-state index is 13.1. The Morgan fingerprint density at radius 2 is 1.77 bits per heavy atom. The Kier molecular flexibility index (Phi) is 5.86. The van der Waals surface area contributed by atoms with Crippen molar-refractivity contribution in [3.8, 4) is 0 Å². The number of hydrogen-bond donors (Lipinski definition) is 1. The van der Waals surface area contributed by atoms with Gasteiger partial charge in [0.1, 0.15) is 0 Å². The predicted molar refractivity (Wildman–Crippen MR) is 126 cm³/mol. The van der Waals surface area contributed by atoms with E-state index in [4.69, 9.17) is 0 Å². The van der Waals surface area contributed by atoms with Crippen LogP contribution in [0.2, 0.25) is 0 Å².